The van der Waals surface area contributed by atoms with Gasteiger partial charge in [-0.15, -0.1) is 0 Å². The Morgan fingerprint density at radius 2 is 1.89 bits per heavy atom. The van der Waals surface area contributed by atoms with E-state index in [2.05, 4.69) is 14.9 Å². The fourth-order valence-electron chi connectivity index (χ4n) is 3.28. The summed E-state index contributed by atoms with van der Waals surface area (Å²) in [4.78, 5) is 11.2. The Bertz CT molecular complexity index is 394. The summed E-state index contributed by atoms with van der Waals surface area (Å²) in [5.74, 6) is 1.41. The quantitative estimate of drug-likeness (QED) is 0.660. The van der Waals surface area contributed by atoms with E-state index >= 15 is 0 Å². The molecule has 3 atom stereocenters. The van der Waals surface area contributed by atoms with Crippen LogP contribution in [-0.4, -0.2) is 40.3 Å². The molecule has 98 valence electrons. The molecule has 2 aliphatic rings. The van der Waals surface area contributed by atoms with E-state index in [1.165, 1.54) is 18.4 Å². The maximum absolute atomic E-state index is 6.22. The molecule has 0 radical (unpaired) electrons. The minimum absolute atomic E-state index is 0.441. The van der Waals surface area contributed by atoms with Crippen LogP contribution in [0.2, 0.25) is 0 Å². The fraction of sp³-hybridized carbons (Fsp3) is 0.692. The maximum atomic E-state index is 6.22. The van der Waals surface area contributed by atoms with Crippen LogP contribution in [0.3, 0.4) is 0 Å². The van der Waals surface area contributed by atoms with Crippen LogP contribution < -0.4 is 5.73 Å². The Kier molecular flexibility index (Phi) is 3.54. The van der Waals surface area contributed by atoms with Crippen LogP contribution in [0, 0.1) is 11.8 Å². The molecular formula is C13H20N4S. The number of rotatable bonds is 3. The van der Waals surface area contributed by atoms with Gasteiger partial charge in [0.05, 0.1) is 0 Å². The second-order valence-electron chi connectivity index (χ2n) is 5.45. The number of fused-ring (bicyclic) bond motifs is 2. The van der Waals surface area contributed by atoms with Crippen molar-refractivity contribution in [2.24, 2.45) is 17.6 Å². The predicted octanol–water partition coefficient (Wildman–Crippen LogP) is 1.37. The van der Waals surface area contributed by atoms with Gasteiger partial charge < -0.3 is 5.73 Å². The van der Waals surface area contributed by atoms with Crippen LogP contribution in [0.15, 0.2) is 17.6 Å². The molecule has 1 saturated carbocycles. The summed E-state index contributed by atoms with van der Waals surface area (Å²) in [6.45, 7) is 3.25. The number of aromatic nitrogens is 2. The van der Waals surface area contributed by atoms with E-state index < -0.39 is 0 Å². The van der Waals surface area contributed by atoms with Gasteiger partial charge in [-0.05, 0) is 30.9 Å². The van der Waals surface area contributed by atoms with Gasteiger partial charge in [-0.1, -0.05) is 11.8 Å². The SMILES string of the molecule is CSc1ncc(CN2C[C@H]3CC[C@@H](C2)C3N)cn1. The van der Waals surface area contributed by atoms with E-state index in [-0.39, 0.29) is 0 Å². The second kappa shape index (κ2) is 5.15. The highest BCUT2D eigenvalue weighted by molar-refractivity contribution is 7.98. The van der Waals surface area contributed by atoms with Crippen molar-refractivity contribution in [3.8, 4) is 0 Å². The normalized spacial score (nSPS) is 31.8. The van der Waals surface area contributed by atoms with Crippen molar-refractivity contribution in [2.75, 3.05) is 19.3 Å². The molecule has 1 aliphatic carbocycles. The molecule has 4 nitrogen and oxygen atoms in total. The second-order valence-corrected chi connectivity index (χ2v) is 6.22. The van der Waals surface area contributed by atoms with Crippen molar-refractivity contribution in [3.05, 3.63) is 18.0 Å². The molecular weight excluding hydrogens is 244 g/mol. The minimum atomic E-state index is 0.441. The van der Waals surface area contributed by atoms with Crippen molar-refractivity contribution >= 4 is 11.8 Å². The summed E-state index contributed by atoms with van der Waals surface area (Å²) in [5, 5.41) is 0.847. The Labute approximate surface area is 112 Å². The zero-order valence-electron chi connectivity index (χ0n) is 10.7. The molecule has 1 saturated heterocycles. The van der Waals surface area contributed by atoms with Crippen LogP contribution in [-0.2, 0) is 6.54 Å². The van der Waals surface area contributed by atoms with E-state index in [1.54, 1.807) is 11.8 Å². The lowest BCUT2D eigenvalue weighted by Gasteiger charge is -2.36. The van der Waals surface area contributed by atoms with E-state index in [4.69, 9.17) is 5.73 Å². The third kappa shape index (κ3) is 2.39. The summed E-state index contributed by atoms with van der Waals surface area (Å²) in [6.07, 6.45) is 8.53. The van der Waals surface area contributed by atoms with Gasteiger partial charge in [0.25, 0.3) is 0 Å². The minimum Gasteiger partial charge on any atom is -0.327 e. The van der Waals surface area contributed by atoms with E-state index in [0.29, 0.717) is 17.9 Å². The van der Waals surface area contributed by atoms with Gasteiger partial charge in [-0.3, -0.25) is 4.90 Å². The first-order chi connectivity index (χ1) is 8.76. The molecule has 18 heavy (non-hydrogen) atoms. The smallest absolute Gasteiger partial charge is 0.187 e. The summed E-state index contributed by atoms with van der Waals surface area (Å²) in [7, 11) is 0. The van der Waals surface area contributed by atoms with Gasteiger partial charge in [-0.2, -0.15) is 0 Å². The van der Waals surface area contributed by atoms with Gasteiger partial charge in [0.1, 0.15) is 0 Å². The molecule has 2 fully saturated rings. The maximum Gasteiger partial charge on any atom is 0.187 e. The average Bonchev–Trinajstić information content (AvgIpc) is 2.63. The number of nitrogens with two attached hydrogens (primary N) is 1. The molecule has 1 aromatic rings. The van der Waals surface area contributed by atoms with Crippen molar-refractivity contribution in [3.63, 3.8) is 0 Å². The van der Waals surface area contributed by atoms with Crippen molar-refractivity contribution in [1.82, 2.24) is 14.9 Å². The highest BCUT2D eigenvalue weighted by Crippen LogP contribution is 2.35. The van der Waals surface area contributed by atoms with Gasteiger partial charge in [-0.25, -0.2) is 9.97 Å². The molecule has 3 rings (SSSR count). The van der Waals surface area contributed by atoms with Crippen molar-refractivity contribution in [1.29, 1.82) is 0 Å². The molecule has 0 aromatic carbocycles. The first kappa shape index (κ1) is 12.4. The molecule has 1 aromatic heterocycles. The molecule has 1 unspecified atom stereocenters. The molecule has 5 heteroatoms. The first-order valence-electron chi connectivity index (χ1n) is 6.59. The van der Waals surface area contributed by atoms with Crippen LogP contribution in [0.5, 0.6) is 0 Å². The standard InChI is InChI=1S/C13H20N4S/c1-18-13-15-4-9(5-16-13)6-17-7-10-2-3-11(8-17)12(10)14/h4-5,10-12H,2-3,6-8,14H2,1H3/t10-,11+,12?. The van der Waals surface area contributed by atoms with Crippen LogP contribution >= 0.6 is 11.8 Å². The Morgan fingerprint density at radius 3 is 2.44 bits per heavy atom. The third-order valence-corrected chi connectivity index (χ3v) is 4.83. The number of nitrogens with zero attached hydrogens (tertiary/aromatic N) is 3. The summed E-state index contributed by atoms with van der Waals surface area (Å²) in [5.41, 5.74) is 7.43. The lowest BCUT2D eigenvalue weighted by molar-refractivity contribution is 0.140. The fourth-order valence-corrected chi connectivity index (χ4v) is 3.60. The van der Waals surface area contributed by atoms with Gasteiger partial charge in [0, 0.05) is 43.6 Å². The van der Waals surface area contributed by atoms with Gasteiger partial charge in [0.2, 0.25) is 0 Å². The zero-order valence-corrected chi connectivity index (χ0v) is 11.6. The van der Waals surface area contributed by atoms with Crippen molar-refractivity contribution in [2.45, 2.75) is 30.6 Å². The molecule has 2 bridgehead atoms. The number of hydrogen-bond donors (Lipinski definition) is 1. The summed E-state index contributed by atoms with van der Waals surface area (Å²) < 4.78 is 0. The van der Waals surface area contributed by atoms with Crippen molar-refractivity contribution < 1.29 is 0 Å². The Hall–Kier alpha value is -0.650. The van der Waals surface area contributed by atoms with E-state index in [0.717, 1.165) is 24.8 Å². The summed E-state index contributed by atoms with van der Waals surface area (Å²) in [6, 6.07) is 0.441. The largest absolute Gasteiger partial charge is 0.327 e. The van der Waals surface area contributed by atoms with E-state index in [9.17, 15) is 0 Å². The zero-order chi connectivity index (χ0) is 12.5. The molecule has 2 N–H and O–H groups in total. The monoisotopic (exact) mass is 264 g/mol. The molecule has 2 heterocycles. The Balaban J connectivity index is 1.63. The summed E-state index contributed by atoms with van der Waals surface area (Å²) >= 11 is 1.58. The number of thioether (sulfide) groups is 1. The van der Waals surface area contributed by atoms with Gasteiger partial charge >= 0.3 is 0 Å². The Morgan fingerprint density at radius 1 is 1.28 bits per heavy atom. The van der Waals surface area contributed by atoms with Crippen LogP contribution in [0.1, 0.15) is 18.4 Å². The number of likely N-dealkylation sites (tertiary alicyclic amines) is 1. The highest BCUT2D eigenvalue weighted by Gasteiger charge is 2.39. The highest BCUT2D eigenvalue weighted by atomic mass is 32.2. The third-order valence-electron chi connectivity index (χ3n) is 4.25. The van der Waals surface area contributed by atoms with E-state index in [1.807, 2.05) is 18.6 Å². The molecule has 0 amide bonds. The predicted molar refractivity (Wildman–Crippen MR) is 73.3 cm³/mol. The number of hydrogen-bond acceptors (Lipinski definition) is 5. The lowest BCUT2D eigenvalue weighted by Crippen LogP contribution is -2.48. The average molecular weight is 264 g/mol. The topological polar surface area (TPSA) is 55.0 Å². The molecule has 1 aliphatic heterocycles. The van der Waals surface area contributed by atoms with Gasteiger partial charge in [0.15, 0.2) is 5.16 Å². The molecule has 0 spiro atoms. The van der Waals surface area contributed by atoms with Crippen LogP contribution in [0.25, 0.3) is 0 Å². The lowest BCUT2D eigenvalue weighted by atomic mass is 9.93. The first-order valence-corrected chi connectivity index (χ1v) is 7.81. The van der Waals surface area contributed by atoms with Crippen LogP contribution in [0.4, 0.5) is 0 Å². The number of piperidine rings is 1.